The van der Waals surface area contributed by atoms with E-state index in [9.17, 15) is 5.11 Å². The quantitative estimate of drug-likeness (QED) is 0.468. The van der Waals surface area contributed by atoms with Gasteiger partial charge < -0.3 is 5.11 Å². The molecule has 0 radical (unpaired) electrons. The van der Waals surface area contributed by atoms with Gasteiger partial charge in [-0.25, -0.2) is 0 Å². The van der Waals surface area contributed by atoms with Crippen LogP contribution < -0.4 is 10.6 Å². The van der Waals surface area contributed by atoms with Crippen molar-refractivity contribution in [3.8, 4) is 0 Å². The first-order chi connectivity index (χ1) is 13.2. The fourth-order valence-electron chi connectivity index (χ4n) is 4.69. The van der Waals surface area contributed by atoms with E-state index in [1.807, 2.05) is 6.92 Å². The Morgan fingerprint density at radius 3 is 1.68 bits per heavy atom. The minimum absolute atomic E-state index is 0. The molecular weight excluding hydrogens is 403 g/mol. The van der Waals surface area contributed by atoms with Crippen LogP contribution in [0.25, 0.3) is 0 Å². The second-order valence-electron chi connectivity index (χ2n) is 8.33. The Morgan fingerprint density at radius 1 is 0.786 bits per heavy atom. The van der Waals surface area contributed by atoms with Gasteiger partial charge in [-0.1, -0.05) is 99.7 Å². The molecule has 154 valence electrons. The molecule has 2 fully saturated rings. The summed E-state index contributed by atoms with van der Waals surface area (Å²) in [5.41, 5.74) is 0.602. The summed E-state index contributed by atoms with van der Waals surface area (Å²) in [6.07, 6.45) is 9.40. The average molecular weight is 438 g/mol. The maximum absolute atomic E-state index is 10.2. The molecule has 2 aliphatic carbocycles. The van der Waals surface area contributed by atoms with Crippen LogP contribution in [-0.4, -0.2) is 16.9 Å². The van der Waals surface area contributed by atoms with Gasteiger partial charge in [-0.15, -0.1) is 0 Å². The third kappa shape index (κ3) is 6.43. The van der Waals surface area contributed by atoms with Crippen molar-refractivity contribution in [3.05, 3.63) is 60.7 Å². The fourth-order valence-corrected chi connectivity index (χ4v) is 7.96. The van der Waals surface area contributed by atoms with Gasteiger partial charge in [0.15, 0.2) is 0 Å². The molecule has 0 aromatic heterocycles. The number of aliphatic hydroxyl groups is 1. The molecule has 2 aromatic carbocycles. The Bertz CT molecular complexity index is 615. The third-order valence-corrected chi connectivity index (χ3v) is 9.21. The van der Waals surface area contributed by atoms with Crippen LogP contribution in [0.1, 0.15) is 58.8 Å². The molecule has 0 bridgehead atoms. The minimum atomic E-state index is -0.384. The number of aliphatic hydroxyl groups excluding tert-OH is 1. The summed E-state index contributed by atoms with van der Waals surface area (Å²) in [4.78, 5) is 0. The standard InChI is InChI=1S/C19H23OP.C6H12.Fe/c1-15(20)18-13-8-14-19(18)21(16-9-4-2-5-10-16)17-11-6-3-7-12-17;1-6-4-2-3-5-6;/h2-7,9-12,15,18-20H,8,13-14H2,1H3;6H,2-5H2,1H3;. The van der Waals surface area contributed by atoms with Crippen molar-refractivity contribution in [1.82, 2.24) is 0 Å². The van der Waals surface area contributed by atoms with Crippen molar-refractivity contribution in [1.29, 1.82) is 0 Å². The average Bonchev–Trinajstić information content (AvgIpc) is 3.36. The normalized spacial score (nSPS) is 23.0. The topological polar surface area (TPSA) is 20.2 Å². The van der Waals surface area contributed by atoms with E-state index in [0.717, 1.165) is 5.92 Å². The molecular formula is C25H35FeOP. The largest absolute Gasteiger partial charge is 0.393 e. The molecule has 0 saturated heterocycles. The van der Waals surface area contributed by atoms with Crippen LogP contribution in [0.4, 0.5) is 0 Å². The van der Waals surface area contributed by atoms with Gasteiger partial charge in [0, 0.05) is 17.1 Å². The van der Waals surface area contributed by atoms with Crippen LogP contribution in [0.2, 0.25) is 0 Å². The zero-order valence-corrected chi connectivity index (χ0v) is 19.3. The van der Waals surface area contributed by atoms with E-state index in [0.29, 0.717) is 11.6 Å². The Kier molecular flexibility index (Phi) is 10.2. The van der Waals surface area contributed by atoms with Crippen LogP contribution in [0.15, 0.2) is 60.7 Å². The van der Waals surface area contributed by atoms with Gasteiger partial charge in [0.1, 0.15) is 0 Å². The number of rotatable bonds is 4. The SMILES string of the molecule is CC(O)C1CCCC1P(c1ccccc1)c1ccccc1.CC1CCCC1.[Fe]. The summed E-state index contributed by atoms with van der Waals surface area (Å²) in [6.45, 7) is 4.31. The monoisotopic (exact) mass is 438 g/mol. The molecule has 3 heteroatoms. The van der Waals surface area contributed by atoms with Gasteiger partial charge >= 0.3 is 0 Å². The predicted molar refractivity (Wildman–Crippen MR) is 120 cm³/mol. The van der Waals surface area contributed by atoms with Gasteiger partial charge in [-0.05, 0) is 55.8 Å². The van der Waals surface area contributed by atoms with Crippen molar-refractivity contribution in [2.45, 2.75) is 70.6 Å². The first-order valence-corrected chi connectivity index (χ1v) is 12.2. The van der Waals surface area contributed by atoms with Crippen LogP contribution >= 0.6 is 7.92 Å². The molecule has 28 heavy (non-hydrogen) atoms. The summed E-state index contributed by atoms with van der Waals surface area (Å²) in [7, 11) is -0.384. The van der Waals surface area contributed by atoms with Crippen LogP contribution in [-0.2, 0) is 17.1 Å². The van der Waals surface area contributed by atoms with E-state index in [-0.39, 0.29) is 31.1 Å². The molecule has 0 aliphatic heterocycles. The maximum atomic E-state index is 10.2. The van der Waals surface area contributed by atoms with E-state index in [4.69, 9.17) is 0 Å². The second-order valence-corrected chi connectivity index (χ2v) is 10.8. The van der Waals surface area contributed by atoms with Crippen molar-refractivity contribution in [2.24, 2.45) is 11.8 Å². The van der Waals surface area contributed by atoms with Gasteiger partial charge in [-0.3, -0.25) is 0 Å². The zero-order chi connectivity index (χ0) is 19.1. The van der Waals surface area contributed by atoms with Gasteiger partial charge in [0.25, 0.3) is 0 Å². The van der Waals surface area contributed by atoms with Crippen molar-refractivity contribution >= 4 is 18.5 Å². The first kappa shape index (κ1) is 23.6. The van der Waals surface area contributed by atoms with Crippen molar-refractivity contribution < 1.29 is 22.2 Å². The molecule has 2 aliphatic rings. The third-order valence-electron chi connectivity index (χ3n) is 6.20. The van der Waals surface area contributed by atoms with E-state index < -0.39 is 0 Å². The Balaban J connectivity index is 0.000000344. The Labute approximate surface area is 183 Å². The van der Waals surface area contributed by atoms with Crippen LogP contribution in [0.3, 0.4) is 0 Å². The van der Waals surface area contributed by atoms with Crippen molar-refractivity contribution in [2.75, 3.05) is 0 Å². The second kappa shape index (κ2) is 12.1. The molecule has 0 amide bonds. The summed E-state index contributed by atoms with van der Waals surface area (Å²) < 4.78 is 0. The zero-order valence-electron chi connectivity index (χ0n) is 17.3. The van der Waals surface area contributed by atoms with E-state index in [1.54, 1.807) is 0 Å². The Hall–Kier alpha value is -0.651. The van der Waals surface area contributed by atoms with E-state index >= 15 is 0 Å². The van der Waals surface area contributed by atoms with Gasteiger partial charge in [0.2, 0.25) is 0 Å². The fraction of sp³-hybridized carbons (Fsp3) is 0.520. The molecule has 1 nitrogen and oxygen atoms in total. The summed E-state index contributed by atoms with van der Waals surface area (Å²) in [6, 6.07) is 21.8. The Morgan fingerprint density at radius 2 is 1.29 bits per heavy atom. The summed E-state index contributed by atoms with van der Waals surface area (Å²) in [5, 5.41) is 13.1. The van der Waals surface area contributed by atoms with Gasteiger partial charge in [0.05, 0.1) is 6.10 Å². The minimum Gasteiger partial charge on any atom is -0.393 e. The first-order valence-electron chi connectivity index (χ1n) is 10.7. The summed E-state index contributed by atoms with van der Waals surface area (Å²) in [5.74, 6) is 1.49. The molecule has 0 spiro atoms. The molecule has 1 N–H and O–H groups in total. The molecule has 4 rings (SSSR count). The van der Waals surface area contributed by atoms with E-state index in [1.165, 1.54) is 55.6 Å². The molecule has 2 saturated carbocycles. The molecule has 3 atom stereocenters. The number of benzene rings is 2. The van der Waals surface area contributed by atoms with Gasteiger partial charge in [-0.2, -0.15) is 0 Å². The molecule has 3 unspecified atom stereocenters. The van der Waals surface area contributed by atoms with E-state index in [2.05, 4.69) is 67.6 Å². The molecule has 0 heterocycles. The smallest absolute Gasteiger partial charge is 0.0546 e. The van der Waals surface area contributed by atoms with Crippen LogP contribution in [0.5, 0.6) is 0 Å². The van der Waals surface area contributed by atoms with Crippen LogP contribution in [0, 0.1) is 11.8 Å². The predicted octanol–water partition coefficient (Wildman–Crippen LogP) is 5.86. The number of hydrogen-bond acceptors (Lipinski definition) is 1. The molecule has 2 aromatic rings. The number of hydrogen-bond donors (Lipinski definition) is 1. The summed E-state index contributed by atoms with van der Waals surface area (Å²) >= 11 is 0. The maximum Gasteiger partial charge on any atom is 0.0546 e. The van der Waals surface area contributed by atoms with Crippen molar-refractivity contribution in [3.63, 3.8) is 0 Å².